The Morgan fingerprint density at radius 1 is 0.903 bits per heavy atom. The molecule has 164 valence electrons. The normalized spacial score (nSPS) is 23.4. The smallest absolute Gasteiger partial charge is 0.251 e. The molecule has 2 aromatic rings. The van der Waals surface area contributed by atoms with Gasteiger partial charge in [-0.2, -0.15) is 0 Å². The van der Waals surface area contributed by atoms with E-state index in [1.165, 1.54) is 18.4 Å². The molecule has 0 aromatic heterocycles. The quantitative estimate of drug-likeness (QED) is 0.762. The van der Waals surface area contributed by atoms with E-state index in [2.05, 4.69) is 22.8 Å². The predicted octanol–water partition coefficient (Wildman–Crippen LogP) is 4.00. The largest absolute Gasteiger partial charge is 0.490 e. The summed E-state index contributed by atoms with van der Waals surface area (Å²) in [6.45, 7) is 2.42. The zero-order valence-electron chi connectivity index (χ0n) is 17.8. The molecule has 2 heterocycles. The van der Waals surface area contributed by atoms with Crippen LogP contribution in [0.1, 0.15) is 60.4 Å². The van der Waals surface area contributed by atoms with Crippen molar-refractivity contribution in [1.82, 2.24) is 10.6 Å². The first-order valence-electron chi connectivity index (χ1n) is 11.4. The molecule has 2 N–H and O–H groups in total. The van der Waals surface area contributed by atoms with Crippen LogP contribution in [-0.4, -0.2) is 37.9 Å². The third kappa shape index (κ3) is 4.79. The Hall–Kier alpha value is -2.73. The van der Waals surface area contributed by atoms with Crippen molar-refractivity contribution in [3.05, 3.63) is 53.6 Å². The number of fused-ring (bicyclic) bond motifs is 1. The van der Waals surface area contributed by atoms with Crippen molar-refractivity contribution in [3.63, 3.8) is 0 Å². The summed E-state index contributed by atoms with van der Waals surface area (Å²) >= 11 is 0. The molecule has 5 rings (SSSR count). The van der Waals surface area contributed by atoms with E-state index in [0.29, 0.717) is 5.92 Å². The average Bonchev–Trinajstić information content (AvgIpc) is 3.29. The second kappa shape index (κ2) is 9.18. The molecule has 31 heavy (non-hydrogen) atoms. The maximum atomic E-state index is 12.7. The molecular formula is C25H30N2O4. The number of piperidine rings is 1. The molecule has 2 aliphatic heterocycles. The van der Waals surface area contributed by atoms with E-state index in [1.54, 1.807) is 0 Å². The van der Waals surface area contributed by atoms with E-state index in [4.69, 9.17) is 14.2 Å². The van der Waals surface area contributed by atoms with Crippen LogP contribution in [-0.2, 0) is 0 Å². The number of hydrogen-bond donors (Lipinski definition) is 2. The van der Waals surface area contributed by atoms with Crippen molar-refractivity contribution in [2.45, 2.75) is 56.6 Å². The van der Waals surface area contributed by atoms with Gasteiger partial charge >= 0.3 is 0 Å². The minimum absolute atomic E-state index is 0.0250. The fourth-order valence-corrected chi connectivity index (χ4v) is 4.80. The molecule has 2 aromatic carbocycles. The fraction of sp³-hybridized carbons (Fsp3) is 0.480. The molecule has 0 spiro atoms. The topological polar surface area (TPSA) is 68.8 Å². The highest BCUT2D eigenvalue weighted by atomic mass is 16.7. The van der Waals surface area contributed by atoms with Gasteiger partial charge in [-0.1, -0.05) is 12.1 Å². The highest BCUT2D eigenvalue weighted by Crippen LogP contribution is 2.36. The molecule has 0 radical (unpaired) electrons. The van der Waals surface area contributed by atoms with Gasteiger partial charge in [0.1, 0.15) is 5.75 Å². The van der Waals surface area contributed by atoms with E-state index in [9.17, 15) is 4.79 Å². The Morgan fingerprint density at radius 3 is 2.42 bits per heavy atom. The number of amides is 1. The highest BCUT2D eigenvalue weighted by molar-refractivity contribution is 5.94. The van der Waals surface area contributed by atoms with Gasteiger partial charge in [-0.15, -0.1) is 0 Å². The number of hydrogen-bond acceptors (Lipinski definition) is 5. The van der Waals surface area contributed by atoms with Gasteiger partial charge in [-0.3, -0.25) is 4.79 Å². The molecule has 1 aliphatic carbocycles. The molecule has 2 fully saturated rings. The summed E-state index contributed by atoms with van der Waals surface area (Å²) in [6, 6.07) is 14.1. The SMILES string of the molecule is O=C(NC1CCC(Oc2ccc3c(c2)OCO3)CC1)c1ccc(C2CCNCC2)cc1. The van der Waals surface area contributed by atoms with Gasteiger partial charge in [-0.05, 0) is 87.4 Å². The van der Waals surface area contributed by atoms with Crippen LogP contribution in [0.25, 0.3) is 0 Å². The van der Waals surface area contributed by atoms with Crippen LogP contribution in [0.2, 0.25) is 0 Å². The van der Waals surface area contributed by atoms with Gasteiger partial charge in [0.15, 0.2) is 11.5 Å². The Labute approximate surface area is 183 Å². The highest BCUT2D eigenvalue weighted by Gasteiger charge is 2.25. The second-order valence-electron chi connectivity index (χ2n) is 8.73. The van der Waals surface area contributed by atoms with Crippen LogP contribution in [0.5, 0.6) is 17.2 Å². The summed E-state index contributed by atoms with van der Waals surface area (Å²) in [5.74, 6) is 2.95. The van der Waals surface area contributed by atoms with Crippen molar-refractivity contribution in [2.24, 2.45) is 0 Å². The first-order chi connectivity index (χ1) is 15.2. The summed E-state index contributed by atoms with van der Waals surface area (Å²) in [7, 11) is 0. The Bertz CT molecular complexity index is 900. The molecule has 6 heteroatoms. The van der Waals surface area contributed by atoms with Crippen LogP contribution < -0.4 is 24.8 Å². The van der Waals surface area contributed by atoms with Gasteiger partial charge in [-0.25, -0.2) is 0 Å². The number of benzene rings is 2. The van der Waals surface area contributed by atoms with Gasteiger partial charge in [0, 0.05) is 17.7 Å². The maximum absolute atomic E-state index is 12.7. The van der Waals surface area contributed by atoms with Crippen LogP contribution in [0.4, 0.5) is 0 Å². The van der Waals surface area contributed by atoms with E-state index in [0.717, 1.165) is 61.6 Å². The molecule has 0 bridgehead atoms. The fourth-order valence-electron chi connectivity index (χ4n) is 4.80. The van der Waals surface area contributed by atoms with E-state index >= 15 is 0 Å². The summed E-state index contributed by atoms with van der Waals surface area (Å²) in [6.07, 6.45) is 6.20. The Balaban J connectivity index is 1.10. The standard InChI is InChI=1S/C25H30N2O4/c28-25(19-3-1-17(2-4-19)18-11-13-26-14-12-18)27-20-5-7-21(8-6-20)31-22-9-10-23-24(15-22)30-16-29-23/h1-4,9-10,15,18,20-21,26H,5-8,11-14,16H2,(H,27,28). The van der Waals surface area contributed by atoms with E-state index in [-0.39, 0.29) is 24.8 Å². The van der Waals surface area contributed by atoms with Gasteiger partial charge in [0.25, 0.3) is 5.91 Å². The summed E-state index contributed by atoms with van der Waals surface area (Å²) in [5, 5.41) is 6.61. The Morgan fingerprint density at radius 2 is 1.65 bits per heavy atom. The predicted molar refractivity (Wildman–Crippen MR) is 118 cm³/mol. The maximum Gasteiger partial charge on any atom is 0.251 e. The van der Waals surface area contributed by atoms with Crippen LogP contribution >= 0.6 is 0 Å². The molecule has 0 unspecified atom stereocenters. The number of nitrogens with one attached hydrogen (secondary N) is 2. The minimum Gasteiger partial charge on any atom is -0.490 e. The first-order valence-corrected chi connectivity index (χ1v) is 11.4. The average molecular weight is 423 g/mol. The third-order valence-electron chi connectivity index (χ3n) is 6.64. The van der Waals surface area contributed by atoms with Gasteiger partial charge in [0.2, 0.25) is 6.79 Å². The van der Waals surface area contributed by atoms with Crippen molar-refractivity contribution in [2.75, 3.05) is 19.9 Å². The lowest BCUT2D eigenvalue weighted by Gasteiger charge is -2.29. The van der Waals surface area contributed by atoms with Crippen molar-refractivity contribution in [3.8, 4) is 17.2 Å². The minimum atomic E-state index is 0.0250. The van der Waals surface area contributed by atoms with Crippen LogP contribution in [0, 0.1) is 0 Å². The number of ether oxygens (including phenoxy) is 3. The van der Waals surface area contributed by atoms with E-state index in [1.807, 2.05) is 30.3 Å². The molecule has 0 atom stereocenters. The monoisotopic (exact) mass is 422 g/mol. The van der Waals surface area contributed by atoms with Gasteiger partial charge < -0.3 is 24.8 Å². The second-order valence-corrected chi connectivity index (χ2v) is 8.73. The molecule has 6 nitrogen and oxygen atoms in total. The summed E-state index contributed by atoms with van der Waals surface area (Å²) in [4.78, 5) is 12.7. The zero-order chi connectivity index (χ0) is 21.0. The van der Waals surface area contributed by atoms with E-state index < -0.39 is 0 Å². The lowest BCUT2D eigenvalue weighted by molar-refractivity contribution is 0.0893. The van der Waals surface area contributed by atoms with Crippen molar-refractivity contribution in [1.29, 1.82) is 0 Å². The van der Waals surface area contributed by atoms with Crippen LogP contribution in [0.15, 0.2) is 42.5 Å². The zero-order valence-corrected chi connectivity index (χ0v) is 17.8. The number of carbonyl (C=O) groups excluding carboxylic acids is 1. The molecule has 1 saturated carbocycles. The molecule has 1 saturated heterocycles. The summed E-state index contributed by atoms with van der Waals surface area (Å²) in [5.41, 5.74) is 2.09. The summed E-state index contributed by atoms with van der Waals surface area (Å²) < 4.78 is 16.9. The lowest BCUT2D eigenvalue weighted by atomic mass is 9.89. The van der Waals surface area contributed by atoms with Crippen molar-refractivity contribution >= 4 is 5.91 Å². The first kappa shape index (κ1) is 20.2. The van der Waals surface area contributed by atoms with Crippen molar-refractivity contribution < 1.29 is 19.0 Å². The van der Waals surface area contributed by atoms with Gasteiger partial charge in [0.05, 0.1) is 6.10 Å². The lowest BCUT2D eigenvalue weighted by Crippen LogP contribution is -2.39. The molecular weight excluding hydrogens is 392 g/mol. The third-order valence-corrected chi connectivity index (χ3v) is 6.64. The number of rotatable bonds is 5. The van der Waals surface area contributed by atoms with Crippen LogP contribution in [0.3, 0.4) is 0 Å². The number of carbonyl (C=O) groups is 1. The molecule has 3 aliphatic rings. The Kier molecular flexibility index (Phi) is 5.98. The molecule has 1 amide bonds.